The number of ether oxygens (including phenoxy) is 1. The zero-order chi connectivity index (χ0) is 45.1. The lowest BCUT2D eigenvalue weighted by molar-refractivity contribution is -0.143. The summed E-state index contributed by atoms with van der Waals surface area (Å²) in [4.78, 5) is 24.5. The van der Waals surface area contributed by atoms with Crippen LogP contribution < -0.4 is 5.32 Å². The zero-order valence-electron chi connectivity index (χ0n) is 41.6. The molecule has 0 aliphatic carbocycles. The molecule has 0 saturated carbocycles. The van der Waals surface area contributed by atoms with Crippen molar-refractivity contribution in [1.29, 1.82) is 0 Å². The van der Waals surface area contributed by atoms with Gasteiger partial charge in [0, 0.05) is 12.8 Å². The molecule has 0 saturated heterocycles. The summed E-state index contributed by atoms with van der Waals surface area (Å²) in [5, 5.41) is 23.3. The first kappa shape index (κ1) is 60.3. The number of esters is 1. The van der Waals surface area contributed by atoms with Crippen molar-refractivity contribution in [3.63, 3.8) is 0 Å². The molecule has 62 heavy (non-hydrogen) atoms. The molecule has 2 unspecified atom stereocenters. The monoisotopic (exact) mass is 874 g/mol. The van der Waals surface area contributed by atoms with E-state index in [0.717, 1.165) is 70.6 Å². The summed E-state index contributed by atoms with van der Waals surface area (Å²) < 4.78 is 5.46. The average molecular weight is 874 g/mol. The van der Waals surface area contributed by atoms with Crippen LogP contribution in [0, 0.1) is 0 Å². The number of hydrogen-bond acceptors (Lipinski definition) is 5. The predicted molar refractivity (Wildman–Crippen MR) is 269 cm³/mol. The SMILES string of the molecule is CCCCCC/C=C\C/C=C\CCCCCCCC(=O)OCCCCCCCCCCCCCCC(=O)NC(CO)C(O)CCCCCCCCCCCCCCCCCCC. The van der Waals surface area contributed by atoms with Crippen molar-refractivity contribution in [2.75, 3.05) is 13.2 Å². The molecular weight excluding hydrogens is 767 g/mol. The normalized spacial score (nSPS) is 12.8. The zero-order valence-corrected chi connectivity index (χ0v) is 41.6. The fourth-order valence-corrected chi connectivity index (χ4v) is 8.49. The average Bonchev–Trinajstić information content (AvgIpc) is 3.27. The van der Waals surface area contributed by atoms with Gasteiger partial charge < -0.3 is 20.3 Å². The molecular formula is C56H107NO5. The first-order chi connectivity index (χ1) is 30.5. The van der Waals surface area contributed by atoms with Crippen LogP contribution in [0.5, 0.6) is 0 Å². The standard InChI is InChI=1S/C56H107NO5/c1-3-5-7-9-11-13-15-17-19-21-22-24-28-32-36-40-44-48-54(59)53(52-58)57-55(60)49-45-41-37-33-29-26-27-31-35-39-43-47-51-62-56(61)50-46-42-38-34-30-25-23-20-18-16-14-12-10-8-6-4-2/h14,16,20,23,53-54,58-59H,3-13,15,17-19,21-22,24-52H2,1-2H3,(H,57,60)/b16-14-,23-20-. The van der Waals surface area contributed by atoms with Crippen LogP contribution in [0.1, 0.15) is 296 Å². The number of hydrogen-bond donors (Lipinski definition) is 3. The Bertz CT molecular complexity index is 966. The van der Waals surface area contributed by atoms with E-state index >= 15 is 0 Å². The number of amides is 1. The highest BCUT2D eigenvalue weighted by molar-refractivity contribution is 5.76. The number of aliphatic hydroxyl groups is 2. The topological polar surface area (TPSA) is 95.9 Å². The summed E-state index contributed by atoms with van der Waals surface area (Å²) in [6, 6.07) is -0.554. The van der Waals surface area contributed by atoms with Gasteiger partial charge in [-0.05, 0) is 57.8 Å². The molecule has 366 valence electrons. The van der Waals surface area contributed by atoms with Crippen molar-refractivity contribution >= 4 is 11.9 Å². The van der Waals surface area contributed by atoms with E-state index in [4.69, 9.17) is 4.74 Å². The lowest BCUT2D eigenvalue weighted by Gasteiger charge is -2.22. The van der Waals surface area contributed by atoms with Gasteiger partial charge in [-0.2, -0.15) is 0 Å². The maximum absolute atomic E-state index is 12.5. The summed E-state index contributed by atoms with van der Waals surface area (Å²) >= 11 is 0. The second-order valence-electron chi connectivity index (χ2n) is 18.9. The van der Waals surface area contributed by atoms with E-state index in [1.165, 1.54) is 193 Å². The summed E-state index contributed by atoms with van der Waals surface area (Å²) in [6.07, 6.45) is 61.5. The minimum atomic E-state index is -0.675. The molecule has 0 aromatic carbocycles. The number of nitrogens with one attached hydrogen (secondary N) is 1. The van der Waals surface area contributed by atoms with Gasteiger partial charge in [-0.15, -0.1) is 0 Å². The van der Waals surface area contributed by atoms with Crippen LogP contribution in [0.3, 0.4) is 0 Å². The van der Waals surface area contributed by atoms with Crippen LogP contribution in [-0.4, -0.2) is 47.4 Å². The summed E-state index contributed by atoms with van der Waals surface area (Å²) in [5.41, 5.74) is 0. The first-order valence-electron chi connectivity index (χ1n) is 27.6. The van der Waals surface area contributed by atoms with E-state index < -0.39 is 12.1 Å². The fourth-order valence-electron chi connectivity index (χ4n) is 8.49. The van der Waals surface area contributed by atoms with E-state index in [2.05, 4.69) is 43.5 Å². The molecule has 0 bridgehead atoms. The molecule has 0 radical (unpaired) electrons. The molecule has 0 spiro atoms. The van der Waals surface area contributed by atoms with Gasteiger partial charge in [-0.3, -0.25) is 9.59 Å². The number of aliphatic hydroxyl groups excluding tert-OH is 2. The van der Waals surface area contributed by atoms with E-state index in [0.29, 0.717) is 25.9 Å². The van der Waals surface area contributed by atoms with E-state index in [-0.39, 0.29) is 18.5 Å². The van der Waals surface area contributed by atoms with Gasteiger partial charge in [0.2, 0.25) is 5.91 Å². The van der Waals surface area contributed by atoms with Crippen molar-refractivity contribution < 1.29 is 24.5 Å². The lowest BCUT2D eigenvalue weighted by atomic mass is 10.0. The molecule has 0 aromatic heterocycles. The van der Waals surface area contributed by atoms with Crippen LogP contribution in [0.4, 0.5) is 0 Å². The number of unbranched alkanes of at least 4 members (excludes halogenated alkanes) is 36. The van der Waals surface area contributed by atoms with Crippen molar-refractivity contribution in [3.05, 3.63) is 24.3 Å². The van der Waals surface area contributed by atoms with Crippen LogP contribution in [0.2, 0.25) is 0 Å². The minimum Gasteiger partial charge on any atom is -0.466 e. The highest BCUT2D eigenvalue weighted by atomic mass is 16.5. The first-order valence-corrected chi connectivity index (χ1v) is 27.6. The third-order valence-corrected chi connectivity index (χ3v) is 12.8. The smallest absolute Gasteiger partial charge is 0.305 e. The van der Waals surface area contributed by atoms with Crippen LogP contribution in [0.15, 0.2) is 24.3 Å². The van der Waals surface area contributed by atoms with Crippen LogP contribution in [0.25, 0.3) is 0 Å². The Morgan fingerprint density at radius 3 is 1.24 bits per heavy atom. The summed E-state index contributed by atoms with van der Waals surface area (Å²) in [6.45, 7) is 4.91. The number of carbonyl (C=O) groups excluding carboxylic acids is 2. The molecule has 0 aliphatic rings. The Labute approximate surface area is 386 Å². The van der Waals surface area contributed by atoms with Gasteiger partial charge in [0.05, 0.1) is 25.4 Å². The van der Waals surface area contributed by atoms with Gasteiger partial charge in [-0.25, -0.2) is 0 Å². The molecule has 0 rings (SSSR count). The van der Waals surface area contributed by atoms with E-state index in [1.54, 1.807) is 0 Å². The molecule has 2 atom stereocenters. The van der Waals surface area contributed by atoms with Gasteiger partial charge in [0.1, 0.15) is 0 Å². The second-order valence-corrected chi connectivity index (χ2v) is 18.9. The Hall–Kier alpha value is -1.66. The quantitative estimate of drug-likeness (QED) is 0.0321. The minimum absolute atomic E-state index is 0.0223. The predicted octanol–water partition coefficient (Wildman–Crippen LogP) is 16.7. The molecule has 0 aliphatic heterocycles. The Morgan fingerprint density at radius 2 is 0.806 bits per heavy atom. The molecule has 0 aromatic rings. The molecule has 0 fully saturated rings. The third kappa shape index (κ3) is 47.8. The molecule has 6 nitrogen and oxygen atoms in total. The fraction of sp³-hybridized carbons (Fsp3) is 0.893. The van der Waals surface area contributed by atoms with Crippen LogP contribution in [-0.2, 0) is 14.3 Å². The van der Waals surface area contributed by atoms with E-state index in [1.807, 2.05) is 0 Å². The van der Waals surface area contributed by atoms with Crippen LogP contribution >= 0.6 is 0 Å². The van der Waals surface area contributed by atoms with Gasteiger partial charge >= 0.3 is 5.97 Å². The summed E-state index contributed by atoms with van der Waals surface area (Å²) in [7, 11) is 0. The highest BCUT2D eigenvalue weighted by Gasteiger charge is 2.20. The molecule has 6 heteroatoms. The van der Waals surface area contributed by atoms with Gasteiger partial charge in [0.25, 0.3) is 0 Å². The maximum Gasteiger partial charge on any atom is 0.305 e. The van der Waals surface area contributed by atoms with Crippen molar-refractivity contribution in [2.45, 2.75) is 309 Å². The Balaban J connectivity index is 3.47. The number of allylic oxidation sites excluding steroid dienone is 4. The van der Waals surface area contributed by atoms with Gasteiger partial charge in [0.15, 0.2) is 0 Å². The second kappa shape index (κ2) is 52.0. The molecule has 0 heterocycles. The van der Waals surface area contributed by atoms with Gasteiger partial charge in [-0.1, -0.05) is 250 Å². The molecule has 3 N–H and O–H groups in total. The number of rotatable bonds is 51. The highest BCUT2D eigenvalue weighted by Crippen LogP contribution is 2.17. The Kier molecular flexibility index (Phi) is 50.6. The summed E-state index contributed by atoms with van der Waals surface area (Å²) in [5.74, 6) is -0.0720. The largest absolute Gasteiger partial charge is 0.466 e. The number of carbonyl (C=O) groups is 2. The van der Waals surface area contributed by atoms with Crippen molar-refractivity contribution in [2.24, 2.45) is 0 Å². The molecule has 1 amide bonds. The maximum atomic E-state index is 12.5. The third-order valence-electron chi connectivity index (χ3n) is 12.8. The van der Waals surface area contributed by atoms with Crippen molar-refractivity contribution in [1.82, 2.24) is 5.32 Å². The Morgan fingerprint density at radius 1 is 0.452 bits per heavy atom. The van der Waals surface area contributed by atoms with E-state index in [9.17, 15) is 19.8 Å². The van der Waals surface area contributed by atoms with Crippen molar-refractivity contribution in [3.8, 4) is 0 Å². The lowest BCUT2D eigenvalue weighted by Crippen LogP contribution is -2.45.